The third-order valence-corrected chi connectivity index (χ3v) is 0.868. The van der Waals surface area contributed by atoms with Gasteiger partial charge in [0.05, 0.1) is 6.20 Å². The van der Waals surface area contributed by atoms with Crippen LogP contribution in [0.4, 0.5) is 0 Å². The topological polar surface area (TPSA) is 67.6 Å². The number of hydrogen-bond acceptors (Lipinski definition) is 4. The Balaban J connectivity index is 2.84. The molecule has 0 bridgehead atoms. The number of hydrogen-bond donors (Lipinski definition) is 1. The first kappa shape index (κ1) is 3.59. The van der Waals surface area contributed by atoms with Crippen molar-refractivity contribution in [1.29, 1.82) is 0 Å². The van der Waals surface area contributed by atoms with Gasteiger partial charge >= 0.3 is 0 Å². The lowest BCUT2D eigenvalue weighted by atomic mass is 10.5. The summed E-state index contributed by atoms with van der Waals surface area (Å²) in [7, 11) is 0. The summed E-state index contributed by atoms with van der Waals surface area (Å²) < 4.78 is 4.43. The molecule has 40 valence electrons. The average Bonchev–Trinajstić information content (AvgIpc) is 2.15. The SMILES string of the molecule is c1nnc2no[nH]c1-2. The normalized spacial score (nSPS) is 10.5. The molecule has 0 amide bonds. The van der Waals surface area contributed by atoms with Gasteiger partial charge in [0, 0.05) is 0 Å². The Hall–Kier alpha value is -1.39. The summed E-state index contributed by atoms with van der Waals surface area (Å²) in [5, 5.41) is 13.1. The van der Waals surface area contributed by atoms with Crippen LogP contribution in [0.1, 0.15) is 0 Å². The minimum Gasteiger partial charge on any atom is -0.268 e. The zero-order chi connectivity index (χ0) is 5.40. The highest BCUT2D eigenvalue weighted by Crippen LogP contribution is 2.09. The van der Waals surface area contributed by atoms with E-state index < -0.39 is 0 Å². The fourth-order valence-corrected chi connectivity index (χ4v) is 0.508. The molecule has 5 heteroatoms. The lowest BCUT2D eigenvalue weighted by Gasteiger charge is -1.65. The van der Waals surface area contributed by atoms with Gasteiger partial charge in [0.2, 0.25) is 5.82 Å². The fourth-order valence-electron chi connectivity index (χ4n) is 0.508. The minimum absolute atomic E-state index is 0.519. The summed E-state index contributed by atoms with van der Waals surface area (Å²) in [4.78, 5) is 0. The zero-order valence-electron chi connectivity index (χ0n) is 3.83. The largest absolute Gasteiger partial charge is 0.268 e. The molecule has 5 nitrogen and oxygen atoms in total. The lowest BCUT2D eigenvalue weighted by Crippen LogP contribution is -1.69. The van der Waals surface area contributed by atoms with Crippen molar-refractivity contribution in [3.05, 3.63) is 6.20 Å². The number of H-pyrrole nitrogens is 1. The molecule has 0 unspecified atom stereocenters. The summed E-state index contributed by atoms with van der Waals surface area (Å²) >= 11 is 0. The summed E-state index contributed by atoms with van der Waals surface area (Å²) in [6, 6.07) is 0. The molecule has 8 heavy (non-hydrogen) atoms. The monoisotopic (exact) mass is 110 g/mol. The summed E-state index contributed by atoms with van der Waals surface area (Å²) in [6.07, 6.45) is 1.55. The molecule has 2 heterocycles. The van der Waals surface area contributed by atoms with E-state index in [1.807, 2.05) is 0 Å². The van der Waals surface area contributed by atoms with E-state index in [0.29, 0.717) is 5.82 Å². The smallest absolute Gasteiger partial charge is 0.244 e. The molecule has 2 aliphatic heterocycles. The third-order valence-electron chi connectivity index (χ3n) is 0.868. The quantitative estimate of drug-likeness (QED) is 0.514. The van der Waals surface area contributed by atoms with Crippen molar-refractivity contribution in [2.75, 3.05) is 0 Å². The van der Waals surface area contributed by atoms with Crippen LogP contribution in [0.25, 0.3) is 11.5 Å². The Morgan fingerprint density at radius 3 is 3.50 bits per heavy atom. The van der Waals surface area contributed by atoms with Crippen molar-refractivity contribution in [1.82, 2.24) is 20.5 Å². The first-order valence-corrected chi connectivity index (χ1v) is 2.08. The van der Waals surface area contributed by atoms with E-state index >= 15 is 0 Å². The predicted molar refractivity (Wildman–Crippen MR) is 23.1 cm³/mol. The highest BCUT2D eigenvalue weighted by molar-refractivity contribution is 5.45. The van der Waals surface area contributed by atoms with Crippen LogP contribution in [-0.4, -0.2) is 20.5 Å². The molecular weight excluding hydrogens is 108 g/mol. The molecule has 0 aliphatic carbocycles. The van der Waals surface area contributed by atoms with Crippen LogP contribution in [0.15, 0.2) is 10.8 Å². The van der Waals surface area contributed by atoms with Gasteiger partial charge in [-0.05, 0) is 5.16 Å². The molecule has 1 N–H and O–H groups in total. The third kappa shape index (κ3) is 0.281. The van der Waals surface area contributed by atoms with E-state index in [1.54, 1.807) is 6.20 Å². The van der Waals surface area contributed by atoms with Gasteiger partial charge in [-0.15, -0.1) is 5.10 Å². The van der Waals surface area contributed by atoms with Crippen molar-refractivity contribution in [2.24, 2.45) is 0 Å². The first-order valence-electron chi connectivity index (χ1n) is 2.08. The number of nitrogens with zero attached hydrogens (tertiary/aromatic N) is 3. The van der Waals surface area contributed by atoms with Crippen molar-refractivity contribution in [3.63, 3.8) is 0 Å². The van der Waals surface area contributed by atoms with Crippen molar-refractivity contribution >= 4 is 0 Å². The number of fused-ring (bicyclic) bond motifs is 1. The maximum Gasteiger partial charge on any atom is 0.244 e. The Bertz CT molecular complexity index is 203. The maximum absolute atomic E-state index is 4.43. The molecule has 2 rings (SSSR count). The van der Waals surface area contributed by atoms with Crippen molar-refractivity contribution < 1.29 is 4.63 Å². The highest BCUT2D eigenvalue weighted by atomic mass is 16.6. The second-order valence-corrected chi connectivity index (χ2v) is 1.37. The van der Waals surface area contributed by atoms with Crippen molar-refractivity contribution in [3.8, 4) is 11.5 Å². The van der Waals surface area contributed by atoms with Crippen LogP contribution < -0.4 is 0 Å². The van der Waals surface area contributed by atoms with Crippen LogP contribution in [-0.2, 0) is 0 Å². The van der Waals surface area contributed by atoms with Gasteiger partial charge in [-0.2, -0.15) is 10.3 Å². The summed E-state index contributed by atoms with van der Waals surface area (Å²) in [6.45, 7) is 0. The molecule has 0 saturated heterocycles. The number of aromatic nitrogens is 4. The van der Waals surface area contributed by atoms with Crippen LogP contribution in [0, 0.1) is 0 Å². The van der Waals surface area contributed by atoms with Crippen LogP contribution in [0.3, 0.4) is 0 Å². The van der Waals surface area contributed by atoms with Crippen LogP contribution >= 0.6 is 0 Å². The molecule has 0 aromatic heterocycles. The standard InChI is InChI=1S/C3H2N4O/c1-2-3(5-4-1)7-8-6-2/h1,6H. The second kappa shape index (κ2) is 1.06. The molecule has 0 fully saturated rings. The number of aromatic amines is 1. The first-order chi connectivity index (χ1) is 3.97. The molecule has 0 aromatic rings. The molecule has 0 saturated carbocycles. The second-order valence-electron chi connectivity index (χ2n) is 1.37. The zero-order valence-corrected chi connectivity index (χ0v) is 3.83. The number of rotatable bonds is 0. The molecular formula is C3H2N4O. The Kier molecular flexibility index (Phi) is 0.476. The van der Waals surface area contributed by atoms with E-state index in [1.165, 1.54) is 0 Å². The lowest BCUT2D eigenvalue weighted by molar-refractivity contribution is 0.311. The highest BCUT2D eigenvalue weighted by Gasteiger charge is 2.07. The molecule has 0 aromatic carbocycles. The fraction of sp³-hybridized carbons (Fsp3) is 0. The van der Waals surface area contributed by atoms with Gasteiger partial charge in [-0.25, -0.2) is 0 Å². The van der Waals surface area contributed by atoms with Gasteiger partial charge in [0.1, 0.15) is 5.69 Å². The van der Waals surface area contributed by atoms with E-state index in [9.17, 15) is 0 Å². The maximum atomic E-state index is 4.43. The van der Waals surface area contributed by atoms with E-state index in [2.05, 4.69) is 25.1 Å². The Labute approximate surface area is 44.0 Å². The Morgan fingerprint density at radius 1 is 1.62 bits per heavy atom. The van der Waals surface area contributed by atoms with Crippen LogP contribution in [0.2, 0.25) is 0 Å². The predicted octanol–water partition coefficient (Wildman–Crippen LogP) is -0.103. The number of nitrogens with one attached hydrogen (secondary N) is 1. The van der Waals surface area contributed by atoms with E-state index in [-0.39, 0.29) is 0 Å². The van der Waals surface area contributed by atoms with Gasteiger partial charge in [-0.1, -0.05) is 0 Å². The Morgan fingerprint density at radius 2 is 2.62 bits per heavy atom. The van der Waals surface area contributed by atoms with E-state index in [4.69, 9.17) is 0 Å². The molecule has 0 atom stereocenters. The summed E-state index contributed by atoms with van der Waals surface area (Å²) in [5.41, 5.74) is 0.727. The molecule has 2 aliphatic rings. The summed E-state index contributed by atoms with van der Waals surface area (Å²) in [5.74, 6) is 0.519. The van der Waals surface area contributed by atoms with Gasteiger partial charge in [0.15, 0.2) is 0 Å². The molecule has 0 radical (unpaired) electrons. The van der Waals surface area contributed by atoms with E-state index in [0.717, 1.165) is 5.69 Å². The van der Waals surface area contributed by atoms with Gasteiger partial charge in [-0.3, -0.25) is 4.63 Å². The van der Waals surface area contributed by atoms with Crippen molar-refractivity contribution in [2.45, 2.75) is 0 Å². The van der Waals surface area contributed by atoms with Gasteiger partial charge < -0.3 is 0 Å². The van der Waals surface area contributed by atoms with Crippen LogP contribution in [0.5, 0.6) is 0 Å². The average molecular weight is 110 g/mol. The minimum atomic E-state index is 0.519. The molecule has 0 spiro atoms. The van der Waals surface area contributed by atoms with Gasteiger partial charge in [0.25, 0.3) is 0 Å².